The third-order valence-corrected chi connectivity index (χ3v) is 5.57. The molecule has 1 spiro atoms. The van der Waals surface area contributed by atoms with Crippen molar-refractivity contribution in [3.05, 3.63) is 29.8 Å². The van der Waals surface area contributed by atoms with E-state index in [-0.39, 0.29) is 0 Å². The van der Waals surface area contributed by atoms with Crippen molar-refractivity contribution in [3.63, 3.8) is 0 Å². The fourth-order valence-corrected chi connectivity index (χ4v) is 4.21. The van der Waals surface area contributed by atoms with Gasteiger partial charge < -0.3 is 9.84 Å². The van der Waals surface area contributed by atoms with Crippen LogP contribution in [0.4, 0.5) is 0 Å². The van der Waals surface area contributed by atoms with E-state index in [4.69, 9.17) is 4.74 Å². The van der Waals surface area contributed by atoms with Gasteiger partial charge in [0.15, 0.2) is 0 Å². The predicted octanol–water partition coefficient (Wildman–Crippen LogP) is 4.10. The Bertz CT molecular complexity index is 450. The molecule has 110 valence electrons. The van der Waals surface area contributed by atoms with Gasteiger partial charge in [-0.3, -0.25) is 0 Å². The summed E-state index contributed by atoms with van der Waals surface area (Å²) < 4.78 is 5.27. The number of hydrogen-bond donors (Lipinski definition) is 1. The molecule has 2 fully saturated rings. The van der Waals surface area contributed by atoms with E-state index in [1.54, 1.807) is 7.11 Å². The summed E-state index contributed by atoms with van der Waals surface area (Å²) in [7, 11) is 1.69. The topological polar surface area (TPSA) is 29.5 Å². The molecule has 1 aromatic rings. The van der Waals surface area contributed by atoms with Gasteiger partial charge in [0.1, 0.15) is 5.75 Å². The van der Waals surface area contributed by atoms with Crippen LogP contribution in [-0.2, 0) is 6.42 Å². The minimum Gasteiger partial charge on any atom is -0.497 e. The van der Waals surface area contributed by atoms with Crippen LogP contribution < -0.4 is 4.74 Å². The van der Waals surface area contributed by atoms with Gasteiger partial charge in [0.05, 0.1) is 12.7 Å². The first-order valence-corrected chi connectivity index (χ1v) is 7.99. The highest BCUT2D eigenvalue weighted by Gasteiger charge is 2.42. The van der Waals surface area contributed by atoms with Crippen LogP contribution in [0.1, 0.15) is 56.9 Å². The first-order valence-electron chi connectivity index (χ1n) is 7.99. The SMILES string of the molecule is COc1cccc(CC2(O)CCC3(CCCC3)CC2)c1. The Morgan fingerprint density at radius 2 is 1.75 bits per heavy atom. The van der Waals surface area contributed by atoms with Crippen LogP contribution in [-0.4, -0.2) is 17.8 Å². The third-order valence-electron chi connectivity index (χ3n) is 5.57. The monoisotopic (exact) mass is 274 g/mol. The molecule has 0 aliphatic heterocycles. The second-order valence-corrected chi connectivity index (χ2v) is 6.96. The molecule has 20 heavy (non-hydrogen) atoms. The van der Waals surface area contributed by atoms with E-state index in [2.05, 4.69) is 12.1 Å². The van der Waals surface area contributed by atoms with Crippen LogP contribution in [0, 0.1) is 5.41 Å². The van der Waals surface area contributed by atoms with Gasteiger partial charge >= 0.3 is 0 Å². The van der Waals surface area contributed by atoms with Crippen molar-refractivity contribution in [2.24, 2.45) is 5.41 Å². The largest absolute Gasteiger partial charge is 0.497 e. The quantitative estimate of drug-likeness (QED) is 0.899. The Kier molecular flexibility index (Phi) is 3.76. The van der Waals surface area contributed by atoms with Gasteiger partial charge in [-0.25, -0.2) is 0 Å². The predicted molar refractivity (Wildman–Crippen MR) is 81.0 cm³/mol. The van der Waals surface area contributed by atoms with Crippen molar-refractivity contribution in [1.82, 2.24) is 0 Å². The lowest BCUT2D eigenvalue weighted by molar-refractivity contribution is -0.0322. The van der Waals surface area contributed by atoms with E-state index >= 15 is 0 Å². The van der Waals surface area contributed by atoms with Crippen molar-refractivity contribution in [1.29, 1.82) is 0 Å². The summed E-state index contributed by atoms with van der Waals surface area (Å²) >= 11 is 0. The maximum absolute atomic E-state index is 10.9. The van der Waals surface area contributed by atoms with E-state index in [0.717, 1.165) is 25.0 Å². The molecule has 0 aromatic heterocycles. The van der Waals surface area contributed by atoms with Crippen LogP contribution in [0.3, 0.4) is 0 Å². The van der Waals surface area contributed by atoms with Gasteiger partial charge in [-0.2, -0.15) is 0 Å². The molecular weight excluding hydrogens is 248 g/mol. The average Bonchev–Trinajstić information content (AvgIpc) is 2.92. The first-order chi connectivity index (χ1) is 9.63. The van der Waals surface area contributed by atoms with E-state index in [1.165, 1.54) is 44.1 Å². The molecule has 0 saturated heterocycles. The molecule has 2 nitrogen and oxygen atoms in total. The summed E-state index contributed by atoms with van der Waals surface area (Å²) in [5.74, 6) is 0.883. The Balaban J connectivity index is 1.65. The van der Waals surface area contributed by atoms with Crippen molar-refractivity contribution in [3.8, 4) is 5.75 Å². The Morgan fingerprint density at radius 1 is 1.05 bits per heavy atom. The third kappa shape index (κ3) is 2.85. The number of benzene rings is 1. The fourth-order valence-electron chi connectivity index (χ4n) is 4.21. The molecule has 1 N–H and O–H groups in total. The number of ether oxygens (including phenoxy) is 1. The number of aliphatic hydroxyl groups is 1. The number of hydrogen-bond acceptors (Lipinski definition) is 2. The summed E-state index contributed by atoms with van der Waals surface area (Å²) in [6.07, 6.45) is 10.7. The molecule has 0 unspecified atom stereocenters. The highest BCUT2D eigenvalue weighted by Crippen LogP contribution is 2.51. The lowest BCUT2D eigenvalue weighted by atomic mass is 9.66. The molecule has 2 aliphatic carbocycles. The molecule has 0 bridgehead atoms. The zero-order chi connectivity index (χ0) is 14.1. The molecule has 3 rings (SSSR count). The van der Waals surface area contributed by atoms with Crippen LogP contribution in [0.2, 0.25) is 0 Å². The minimum atomic E-state index is -0.500. The van der Waals surface area contributed by atoms with Gasteiger partial charge in [0.25, 0.3) is 0 Å². The number of rotatable bonds is 3. The first kappa shape index (κ1) is 13.9. The molecular formula is C18H26O2. The minimum absolute atomic E-state index is 0.500. The molecule has 2 aliphatic rings. The van der Waals surface area contributed by atoms with Gasteiger partial charge in [0.2, 0.25) is 0 Å². The molecule has 0 radical (unpaired) electrons. The molecule has 0 atom stereocenters. The standard InChI is InChI=1S/C18H26O2/c1-20-16-6-4-5-15(13-16)14-18(19)11-9-17(10-12-18)7-2-3-8-17/h4-6,13,19H,2-3,7-12,14H2,1H3. The van der Waals surface area contributed by atoms with Gasteiger partial charge in [-0.15, -0.1) is 0 Å². The van der Waals surface area contributed by atoms with E-state index in [9.17, 15) is 5.11 Å². The molecule has 0 amide bonds. The normalized spacial score (nSPS) is 23.9. The summed E-state index contributed by atoms with van der Waals surface area (Å²) in [4.78, 5) is 0. The molecule has 0 heterocycles. The number of methoxy groups -OCH3 is 1. The van der Waals surface area contributed by atoms with Crippen LogP contribution in [0.15, 0.2) is 24.3 Å². The van der Waals surface area contributed by atoms with Crippen molar-refractivity contribution >= 4 is 0 Å². The smallest absolute Gasteiger partial charge is 0.119 e. The van der Waals surface area contributed by atoms with Crippen LogP contribution in [0.5, 0.6) is 5.75 Å². The van der Waals surface area contributed by atoms with E-state index in [0.29, 0.717) is 5.41 Å². The highest BCUT2D eigenvalue weighted by molar-refractivity contribution is 5.29. The maximum atomic E-state index is 10.9. The molecule has 2 heteroatoms. The van der Waals surface area contributed by atoms with Crippen LogP contribution in [0.25, 0.3) is 0 Å². The Hall–Kier alpha value is -1.02. The van der Waals surface area contributed by atoms with Crippen molar-refractivity contribution < 1.29 is 9.84 Å². The fraction of sp³-hybridized carbons (Fsp3) is 0.667. The highest BCUT2D eigenvalue weighted by atomic mass is 16.5. The average molecular weight is 274 g/mol. The van der Waals surface area contributed by atoms with E-state index < -0.39 is 5.60 Å². The summed E-state index contributed by atoms with van der Waals surface area (Å²) in [6, 6.07) is 8.12. The lowest BCUT2D eigenvalue weighted by Crippen LogP contribution is -2.39. The Morgan fingerprint density at radius 3 is 2.40 bits per heavy atom. The second-order valence-electron chi connectivity index (χ2n) is 6.96. The lowest BCUT2D eigenvalue weighted by Gasteiger charge is -2.42. The summed E-state index contributed by atoms with van der Waals surface area (Å²) in [6.45, 7) is 0. The van der Waals surface area contributed by atoms with Gasteiger partial charge in [0, 0.05) is 6.42 Å². The zero-order valence-electron chi connectivity index (χ0n) is 12.5. The maximum Gasteiger partial charge on any atom is 0.119 e. The summed E-state index contributed by atoms with van der Waals surface area (Å²) in [5.41, 5.74) is 1.27. The van der Waals surface area contributed by atoms with Gasteiger partial charge in [-0.1, -0.05) is 25.0 Å². The molecule has 1 aromatic carbocycles. The van der Waals surface area contributed by atoms with Crippen LogP contribution >= 0.6 is 0 Å². The molecule has 2 saturated carbocycles. The van der Waals surface area contributed by atoms with Crippen molar-refractivity contribution in [2.45, 2.75) is 63.4 Å². The van der Waals surface area contributed by atoms with Crippen molar-refractivity contribution in [2.75, 3.05) is 7.11 Å². The van der Waals surface area contributed by atoms with Gasteiger partial charge in [-0.05, 0) is 61.6 Å². The second kappa shape index (κ2) is 5.40. The van der Waals surface area contributed by atoms with E-state index in [1.807, 2.05) is 12.1 Å². The Labute approximate surface area is 122 Å². The zero-order valence-corrected chi connectivity index (χ0v) is 12.5. The summed E-state index contributed by atoms with van der Waals surface area (Å²) in [5, 5.41) is 10.9.